The van der Waals surface area contributed by atoms with Crippen molar-refractivity contribution in [2.75, 3.05) is 0 Å². The van der Waals surface area contributed by atoms with E-state index in [2.05, 4.69) is 23.1 Å². The summed E-state index contributed by atoms with van der Waals surface area (Å²) >= 11 is 0. The fraction of sp³-hybridized carbons (Fsp3) is 0.222. The summed E-state index contributed by atoms with van der Waals surface area (Å²) in [6.45, 7) is 1.36. The van der Waals surface area contributed by atoms with Gasteiger partial charge in [-0.1, -0.05) is 36.4 Å². The molecule has 4 heteroatoms. The normalized spacial score (nSPS) is 17.5. The van der Waals surface area contributed by atoms with E-state index >= 15 is 0 Å². The van der Waals surface area contributed by atoms with Crippen LogP contribution in [-0.2, 0) is 24.3 Å². The number of rotatable bonds is 3. The Hall–Kier alpha value is -2.64. The van der Waals surface area contributed by atoms with Gasteiger partial charge in [-0.05, 0) is 35.2 Å². The molecule has 4 nitrogen and oxygen atoms in total. The third-order valence-corrected chi connectivity index (χ3v) is 4.14. The Kier molecular flexibility index (Phi) is 3.90. The van der Waals surface area contributed by atoms with Gasteiger partial charge >= 0.3 is 0 Å². The van der Waals surface area contributed by atoms with Crippen LogP contribution in [0.1, 0.15) is 22.3 Å². The zero-order valence-corrected chi connectivity index (χ0v) is 12.2. The molecular weight excluding hydrogens is 274 g/mol. The van der Waals surface area contributed by atoms with Crippen LogP contribution in [0.25, 0.3) is 0 Å². The van der Waals surface area contributed by atoms with Crippen molar-refractivity contribution in [3.05, 3.63) is 70.8 Å². The molecule has 0 radical (unpaired) electrons. The first kappa shape index (κ1) is 14.3. The van der Waals surface area contributed by atoms with E-state index in [0.717, 1.165) is 5.56 Å². The van der Waals surface area contributed by atoms with Crippen LogP contribution >= 0.6 is 0 Å². The molecule has 1 atom stereocenters. The van der Waals surface area contributed by atoms with Crippen LogP contribution < -0.4 is 5.73 Å². The highest BCUT2D eigenvalue weighted by Crippen LogP contribution is 2.24. The molecule has 1 heterocycles. The lowest BCUT2D eigenvalue weighted by Gasteiger charge is -2.35. The molecule has 110 valence electrons. The fourth-order valence-corrected chi connectivity index (χ4v) is 2.94. The predicted octanol–water partition coefficient (Wildman–Crippen LogP) is 1.97. The van der Waals surface area contributed by atoms with E-state index in [-0.39, 0.29) is 11.9 Å². The van der Waals surface area contributed by atoms with Gasteiger partial charge < -0.3 is 5.73 Å². The van der Waals surface area contributed by atoms with Crippen molar-refractivity contribution in [3.8, 4) is 6.07 Å². The summed E-state index contributed by atoms with van der Waals surface area (Å²) in [7, 11) is 0. The average Bonchev–Trinajstić information content (AvgIpc) is 2.54. The van der Waals surface area contributed by atoms with Crippen LogP contribution in [-0.4, -0.2) is 16.8 Å². The minimum Gasteiger partial charge on any atom is -0.368 e. The summed E-state index contributed by atoms with van der Waals surface area (Å²) in [6.07, 6.45) is 0.655. The Balaban J connectivity index is 1.84. The molecule has 0 aromatic heterocycles. The summed E-state index contributed by atoms with van der Waals surface area (Å²) in [5.41, 5.74) is 9.74. The Morgan fingerprint density at radius 3 is 2.50 bits per heavy atom. The monoisotopic (exact) mass is 291 g/mol. The number of carbonyl (C=O) groups excluding carboxylic acids is 1. The number of nitriles is 1. The molecule has 2 aromatic rings. The van der Waals surface area contributed by atoms with Crippen LogP contribution in [0.15, 0.2) is 48.5 Å². The van der Waals surface area contributed by atoms with Crippen LogP contribution in [0.3, 0.4) is 0 Å². The molecule has 2 aromatic carbocycles. The molecule has 1 aliphatic rings. The smallest absolute Gasteiger partial charge is 0.235 e. The molecule has 1 aliphatic heterocycles. The molecule has 0 bridgehead atoms. The third-order valence-electron chi connectivity index (χ3n) is 4.14. The van der Waals surface area contributed by atoms with Crippen molar-refractivity contribution in [2.24, 2.45) is 5.73 Å². The van der Waals surface area contributed by atoms with Gasteiger partial charge in [0.2, 0.25) is 5.91 Å². The Labute approximate surface area is 129 Å². The van der Waals surface area contributed by atoms with Gasteiger partial charge in [-0.3, -0.25) is 9.69 Å². The van der Waals surface area contributed by atoms with Crippen molar-refractivity contribution >= 4 is 5.91 Å². The zero-order valence-electron chi connectivity index (χ0n) is 12.2. The van der Waals surface area contributed by atoms with E-state index in [4.69, 9.17) is 11.0 Å². The van der Waals surface area contributed by atoms with Crippen molar-refractivity contribution in [2.45, 2.75) is 25.6 Å². The van der Waals surface area contributed by atoms with Crippen LogP contribution in [0.5, 0.6) is 0 Å². The maximum Gasteiger partial charge on any atom is 0.235 e. The molecule has 0 spiro atoms. The van der Waals surface area contributed by atoms with E-state index in [1.807, 2.05) is 24.3 Å². The second kappa shape index (κ2) is 6.00. The number of primary amides is 1. The molecular formula is C18H17N3O. The lowest BCUT2D eigenvalue weighted by molar-refractivity contribution is -0.124. The minimum absolute atomic E-state index is 0.287. The molecule has 3 rings (SSSR count). The highest BCUT2D eigenvalue weighted by atomic mass is 16.1. The second-order valence-electron chi connectivity index (χ2n) is 5.60. The van der Waals surface area contributed by atoms with Crippen molar-refractivity contribution in [1.82, 2.24) is 4.90 Å². The number of amides is 1. The zero-order chi connectivity index (χ0) is 15.5. The quantitative estimate of drug-likeness (QED) is 0.940. The lowest BCUT2D eigenvalue weighted by atomic mass is 9.93. The topological polar surface area (TPSA) is 70.1 Å². The van der Waals surface area contributed by atoms with Crippen LogP contribution in [0.2, 0.25) is 0 Å². The Morgan fingerprint density at radius 1 is 1.18 bits per heavy atom. The number of fused-ring (bicyclic) bond motifs is 1. The fourth-order valence-electron chi connectivity index (χ4n) is 2.94. The molecule has 0 aliphatic carbocycles. The van der Waals surface area contributed by atoms with Crippen molar-refractivity contribution < 1.29 is 4.79 Å². The van der Waals surface area contributed by atoms with Crippen molar-refractivity contribution in [1.29, 1.82) is 5.26 Å². The van der Waals surface area contributed by atoms with Gasteiger partial charge in [-0.25, -0.2) is 0 Å². The molecule has 22 heavy (non-hydrogen) atoms. The van der Waals surface area contributed by atoms with E-state index in [1.54, 1.807) is 12.1 Å². The van der Waals surface area contributed by atoms with Gasteiger partial charge in [-0.2, -0.15) is 5.26 Å². The molecule has 1 amide bonds. The van der Waals surface area contributed by atoms with Gasteiger partial charge in [0.1, 0.15) is 0 Å². The van der Waals surface area contributed by atoms with E-state index in [1.165, 1.54) is 11.1 Å². The first-order chi connectivity index (χ1) is 10.7. The number of nitrogens with two attached hydrogens (primary N) is 1. The average molecular weight is 291 g/mol. The Morgan fingerprint density at radius 2 is 1.86 bits per heavy atom. The highest BCUT2D eigenvalue weighted by molar-refractivity contribution is 5.80. The summed E-state index contributed by atoms with van der Waals surface area (Å²) in [5.74, 6) is -0.289. The number of hydrogen-bond acceptors (Lipinski definition) is 3. The first-order valence-electron chi connectivity index (χ1n) is 7.26. The predicted molar refractivity (Wildman–Crippen MR) is 83.5 cm³/mol. The summed E-state index contributed by atoms with van der Waals surface area (Å²) in [6, 6.07) is 17.4. The highest BCUT2D eigenvalue weighted by Gasteiger charge is 2.29. The van der Waals surface area contributed by atoms with Crippen LogP contribution in [0, 0.1) is 11.3 Å². The third kappa shape index (κ3) is 2.85. The molecule has 2 N–H and O–H groups in total. The first-order valence-corrected chi connectivity index (χ1v) is 7.26. The van der Waals surface area contributed by atoms with Crippen LogP contribution in [0.4, 0.5) is 0 Å². The number of hydrogen-bond donors (Lipinski definition) is 1. The number of nitrogens with zero attached hydrogens (tertiary/aromatic N) is 2. The molecule has 0 fully saturated rings. The molecule has 0 saturated heterocycles. The van der Waals surface area contributed by atoms with Crippen molar-refractivity contribution in [3.63, 3.8) is 0 Å². The maximum atomic E-state index is 11.8. The maximum absolute atomic E-state index is 11.8. The molecule has 1 unspecified atom stereocenters. The minimum atomic E-state index is -0.289. The lowest BCUT2D eigenvalue weighted by Crippen LogP contribution is -2.48. The standard InChI is InChI=1S/C18H17N3O/c19-10-13-5-7-14(8-6-13)11-21-12-16-4-2-1-3-15(16)9-17(21)18(20)22/h1-8,17H,9,11-12H2,(H2,20,22). The van der Waals surface area contributed by atoms with E-state index < -0.39 is 0 Å². The SMILES string of the molecule is N#Cc1ccc(CN2Cc3ccccc3CC2C(N)=O)cc1. The van der Waals surface area contributed by atoms with E-state index in [9.17, 15) is 4.79 Å². The number of benzene rings is 2. The Bertz CT molecular complexity index is 731. The van der Waals surface area contributed by atoms with E-state index in [0.29, 0.717) is 25.1 Å². The van der Waals surface area contributed by atoms with Gasteiger partial charge in [0, 0.05) is 13.1 Å². The van der Waals surface area contributed by atoms with Gasteiger partial charge in [0.15, 0.2) is 0 Å². The second-order valence-corrected chi connectivity index (χ2v) is 5.60. The summed E-state index contributed by atoms with van der Waals surface area (Å²) in [5, 5.41) is 8.85. The largest absolute Gasteiger partial charge is 0.368 e. The van der Waals surface area contributed by atoms with Gasteiger partial charge in [0.05, 0.1) is 17.7 Å². The number of carbonyl (C=O) groups is 1. The van der Waals surface area contributed by atoms with Gasteiger partial charge in [0.25, 0.3) is 0 Å². The summed E-state index contributed by atoms with van der Waals surface area (Å²) in [4.78, 5) is 13.9. The summed E-state index contributed by atoms with van der Waals surface area (Å²) < 4.78 is 0. The van der Waals surface area contributed by atoms with Gasteiger partial charge in [-0.15, -0.1) is 0 Å². The molecule has 0 saturated carbocycles.